The first kappa shape index (κ1) is 11.5. The van der Waals surface area contributed by atoms with E-state index in [-0.39, 0.29) is 5.54 Å². The topological polar surface area (TPSA) is 12.0 Å². The van der Waals surface area contributed by atoms with Crippen LogP contribution in [0.4, 0.5) is 0 Å². The fourth-order valence-electron chi connectivity index (χ4n) is 1.86. The van der Waals surface area contributed by atoms with Crippen LogP contribution in [0.15, 0.2) is 30.3 Å². The molecule has 2 heteroatoms. The maximum absolute atomic E-state index is 3.75. The second-order valence-electron chi connectivity index (χ2n) is 5.37. The third-order valence-corrected chi connectivity index (χ3v) is 3.56. The monoisotopic (exact) mass is 207 g/mol. The van der Waals surface area contributed by atoms with Gasteiger partial charge in [0.1, 0.15) is 8.24 Å². The van der Waals surface area contributed by atoms with Gasteiger partial charge in [0.05, 0.1) is 0 Å². The molecule has 1 aromatic carbocycles. The zero-order chi connectivity index (χ0) is 10.8. The average molecular weight is 207 g/mol. The minimum Gasteiger partial charge on any atom is -0.329 e. The molecule has 0 aliphatic carbocycles. The van der Waals surface area contributed by atoms with Gasteiger partial charge in [-0.2, -0.15) is 0 Å². The fourth-order valence-corrected chi connectivity index (χ4v) is 3.88. The van der Waals surface area contributed by atoms with Gasteiger partial charge >= 0.3 is 0 Å². The van der Waals surface area contributed by atoms with E-state index in [9.17, 15) is 0 Å². The van der Waals surface area contributed by atoms with Crippen LogP contribution >= 0.6 is 0 Å². The second-order valence-corrected chi connectivity index (χ2v) is 10.1. The Morgan fingerprint density at radius 1 is 1.00 bits per heavy atom. The summed E-state index contributed by atoms with van der Waals surface area (Å²) >= 11 is 0. The minimum atomic E-state index is -1.23. The molecular weight excluding hydrogens is 186 g/mol. The summed E-state index contributed by atoms with van der Waals surface area (Å²) in [5.74, 6) is 0. The van der Waals surface area contributed by atoms with E-state index >= 15 is 0 Å². The number of nitrogens with one attached hydrogen (secondary N) is 1. The molecule has 1 nitrogen and oxygen atoms in total. The van der Waals surface area contributed by atoms with E-state index in [1.54, 1.807) is 0 Å². The summed E-state index contributed by atoms with van der Waals surface area (Å²) in [6, 6.07) is 10.6. The van der Waals surface area contributed by atoms with Crippen molar-refractivity contribution in [2.24, 2.45) is 0 Å². The molecule has 1 aromatic rings. The van der Waals surface area contributed by atoms with Crippen molar-refractivity contribution in [3.05, 3.63) is 35.9 Å². The van der Waals surface area contributed by atoms with Gasteiger partial charge in [0.15, 0.2) is 0 Å². The molecule has 0 amide bonds. The molecule has 0 saturated heterocycles. The van der Waals surface area contributed by atoms with Crippen LogP contribution in [0.25, 0.3) is 0 Å². The summed E-state index contributed by atoms with van der Waals surface area (Å²) in [6.07, 6.45) is 0. The molecule has 0 aliphatic rings. The van der Waals surface area contributed by atoms with E-state index in [1.165, 1.54) is 5.56 Å². The quantitative estimate of drug-likeness (QED) is 0.750. The third kappa shape index (κ3) is 3.27. The van der Waals surface area contributed by atoms with Gasteiger partial charge in [0, 0.05) is 5.54 Å². The number of hydrogen-bond acceptors (Lipinski definition) is 1. The zero-order valence-corrected chi connectivity index (χ0v) is 10.9. The molecule has 0 fully saturated rings. The van der Waals surface area contributed by atoms with Gasteiger partial charge in [-0.05, 0) is 19.4 Å². The van der Waals surface area contributed by atoms with Crippen molar-refractivity contribution in [2.45, 2.75) is 39.0 Å². The highest BCUT2D eigenvalue weighted by atomic mass is 28.3. The van der Waals surface area contributed by atoms with E-state index < -0.39 is 8.24 Å². The van der Waals surface area contributed by atoms with Crippen molar-refractivity contribution >= 4 is 8.24 Å². The second kappa shape index (κ2) is 3.87. The SMILES string of the molecule is CC(C)(N[Si](C)(C)C)c1ccccc1. The van der Waals surface area contributed by atoms with Crippen LogP contribution in [0.2, 0.25) is 19.6 Å². The molecule has 0 saturated carbocycles. The standard InChI is InChI=1S/C12H21NSi/c1-12(2,13-14(3,4)5)11-9-7-6-8-10-11/h6-10,13H,1-5H3. The first-order valence-corrected chi connectivity index (χ1v) is 8.66. The van der Waals surface area contributed by atoms with Crippen LogP contribution in [0.1, 0.15) is 19.4 Å². The van der Waals surface area contributed by atoms with Gasteiger partial charge in [-0.15, -0.1) is 0 Å². The molecule has 0 heterocycles. The summed E-state index contributed by atoms with van der Waals surface area (Å²) in [4.78, 5) is 3.75. The molecule has 0 aliphatic heterocycles. The van der Waals surface area contributed by atoms with Gasteiger partial charge in [-0.3, -0.25) is 0 Å². The van der Waals surface area contributed by atoms with Crippen LogP contribution < -0.4 is 4.98 Å². The Bertz CT molecular complexity index is 285. The van der Waals surface area contributed by atoms with E-state index in [0.29, 0.717) is 0 Å². The molecule has 78 valence electrons. The molecule has 0 aromatic heterocycles. The lowest BCUT2D eigenvalue weighted by molar-refractivity contribution is 0.488. The predicted octanol–water partition coefficient (Wildman–Crippen LogP) is 3.35. The smallest absolute Gasteiger partial charge is 0.116 e. The number of rotatable bonds is 3. The maximum Gasteiger partial charge on any atom is 0.116 e. The molecule has 1 rings (SSSR count). The lowest BCUT2D eigenvalue weighted by atomic mass is 9.96. The minimum absolute atomic E-state index is 0.0890. The first-order valence-electron chi connectivity index (χ1n) is 5.16. The Balaban J connectivity index is 2.86. The Kier molecular flexibility index (Phi) is 3.17. The lowest BCUT2D eigenvalue weighted by Gasteiger charge is -2.34. The van der Waals surface area contributed by atoms with Crippen LogP contribution in [-0.2, 0) is 5.54 Å². The largest absolute Gasteiger partial charge is 0.329 e. The predicted molar refractivity (Wildman–Crippen MR) is 65.9 cm³/mol. The molecule has 1 N–H and O–H groups in total. The van der Waals surface area contributed by atoms with E-state index in [2.05, 4.69) is 68.8 Å². The van der Waals surface area contributed by atoms with Crippen molar-refractivity contribution in [3.8, 4) is 0 Å². The normalized spacial score (nSPS) is 12.9. The summed E-state index contributed by atoms with van der Waals surface area (Å²) in [5, 5.41) is 0. The van der Waals surface area contributed by atoms with Gasteiger partial charge in [0.25, 0.3) is 0 Å². The highest BCUT2D eigenvalue weighted by Gasteiger charge is 2.26. The Morgan fingerprint density at radius 3 is 1.93 bits per heavy atom. The van der Waals surface area contributed by atoms with Crippen molar-refractivity contribution in [3.63, 3.8) is 0 Å². The fraction of sp³-hybridized carbons (Fsp3) is 0.500. The van der Waals surface area contributed by atoms with Crippen molar-refractivity contribution in [2.75, 3.05) is 0 Å². The lowest BCUT2D eigenvalue weighted by Crippen LogP contribution is -2.51. The third-order valence-electron chi connectivity index (χ3n) is 2.18. The van der Waals surface area contributed by atoms with Gasteiger partial charge in [-0.25, -0.2) is 0 Å². The van der Waals surface area contributed by atoms with Gasteiger partial charge in [-0.1, -0.05) is 50.0 Å². The van der Waals surface area contributed by atoms with E-state index in [1.807, 2.05) is 0 Å². The molecule has 0 spiro atoms. The van der Waals surface area contributed by atoms with Crippen molar-refractivity contribution < 1.29 is 0 Å². The highest BCUT2D eigenvalue weighted by Crippen LogP contribution is 2.21. The van der Waals surface area contributed by atoms with Crippen LogP contribution in [0.3, 0.4) is 0 Å². The summed E-state index contributed by atoms with van der Waals surface area (Å²) in [6.45, 7) is 11.5. The molecule has 0 unspecified atom stereocenters. The highest BCUT2D eigenvalue weighted by molar-refractivity contribution is 6.73. The van der Waals surface area contributed by atoms with Crippen LogP contribution in [0, 0.1) is 0 Å². The zero-order valence-electron chi connectivity index (χ0n) is 9.89. The summed E-state index contributed by atoms with van der Waals surface area (Å²) in [7, 11) is -1.23. The van der Waals surface area contributed by atoms with Crippen LogP contribution in [-0.4, -0.2) is 8.24 Å². The number of hydrogen-bond donors (Lipinski definition) is 1. The van der Waals surface area contributed by atoms with E-state index in [0.717, 1.165) is 0 Å². The summed E-state index contributed by atoms with van der Waals surface area (Å²) < 4.78 is 0. The maximum atomic E-state index is 3.75. The average Bonchev–Trinajstić information content (AvgIpc) is 2.01. The van der Waals surface area contributed by atoms with Gasteiger partial charge in [0.2, 0.25) is 0 Å². The van der Waals surface area contributed by atoms with Gasteiger partial charge < -0.3 is 4.98 Å². The Hall–Kier alpha value is -0.603. The molecule has 14 heavy (non-hydrogen) atoms. The molecule has 0 bridgehead atoms. The van der Waals surface area contributed by atoms with E-state index in [4.69, 9.17) is 0 Å². The molecular formula is C12H21NSi. The number of benzene rings is 1. The van der Waals surface area contributed by atoms with Crippen LogP contribution in [0.5, 0.6) is 0 Å². The molecule has 0 radical (unpaired) electrons. The Morgan fingerprint density at radius 2 is 1.50 bits per heavy atom. The van der Waals surface area contributed by atoms with Crippen molar-refractivity contribution in [1.82, 2.24) is 4.98 Å². The molecule has 0 atom stereocenters. The summed E-state index contributed by atoms with van der Waals surface area (Å²) in [5.41, 5.74) is 1.45. The Labute approximate surface area is 88.6 Å². The van der Waals surface area contributed by atoms with Crippen molar-refractivity contribution in [1.29, 1.82) is 0 Å². The first-order chi connectivity index (χ1) is 6.31.